The van der Waals surface area contributed by atoms with Gasteiger partial charge in [-0.1, -0.05) is 18.2 Å². The first-order chi connectivity index (χ1) is 1.91. The molecule has 0 heterocycles. The second kappa shape index (κ2) is 46.3. The van der Waals surface area contributed by atoms with Gasteiger partial charge in [0.05, 0.1) is 0 Å². The van der Waals surface area contributed by atoms with Crippen LogP contribution in [0.5, 0.6) is 0 Å². The van der Waals surface area contributed by atoms with Crippen molar-refractivity contribution in [2.45, 2.75) is 0 Å². The molecule has 0 aliphatic carbocycles. The number of hydrogen-bond acceptors (Lipinski definition) is 0. The van der Waals surface area contributed by atoms with Crippen LogP contribution in [0.25, 0.3) is 0 Å². The van der Waals surface area contributed by atoms with Gasteiger partial charge in [0.25, 0.3) is 0 Å². The van der Waals surface area contributed by atoms with Crippen LogP contribution in [0.4, 0.5) is 14.1 Å². The van der Waals surface area contributed by atoms with Gasteiger partial charge in [-0.25, -0.2) is 0 Å². The fraction of sp³-hybridized carbons (Fsp3) is 0. The highest BCUT2D eigenvalue weighted by atomic mass is 35.5. The molecule has 0 aromatic carbocycles. The van der Waals surface area contributed by atoms with Crippen molar-refractivity contribution < 1.29 is 14.1 Å². The summed E-state index contributed by atoms with van der Waals surface area (Å²) in [6.45, 7) is 3.17. The fourth-order valence-corrected chi connectivity index (χ4v) is 0. The zero-order chi connectivity index (χ0) is 3.41. The molecule has 0 amide bonds. The van der Waals surface area contributed by atoms with Crippen molar-refractivity contribution in [1.29, 1.82) is 0 Å². The highest BCUT2D eigenvalue weighted by Gasteiger charge is 1.28. The molecule has 0 saturated carbocycles. The zero-order valence-corrected chi connectivity index (χ0v) is 4.14. The smallest absolute Gasteiger partial charge is 0.0456 e. The molecule has 0 atom stereocenters. The Kier molecular flexibility index (Phi) is 202. The second-order valence-electron chi connectivity index (χ2n) is 0.313. The molecule has 0 nitrogen and oxygen atoms in total. The largest absolute Gasteiger partial charge is 0.269 e. The maximum Gasteiger partial charge on any atom is 0.0456 e. The lowest BCUT2D eigenvalue weighted by Crippen LogP contribution is -1.05. The number of rotatable bonds is 0. The molecular formula is C3H6ClF3. The monoisotopic (exact) mass is 134 g/mol. The van der Waals surface area contributed by atoms with Crippen LogP contribution in [0.15, 0.2) is 17.8 Å². The van der Waals surface area contributed by atoms with Gasteiger partial charge in [0, 0.05) is 5.54 Å². The number of halogens is 4. The lowest BCUT2D eigenvalue weighted by atomic mass is 11.0. The van der Waals surface area contributed by atoms with E-state index >= 15 is 0 Å². The van der Waals surface area contributed by atoms with Gasteiger partial charge in [-0.05, 0) is 0 Å². The lowest BCUT2D eigenvalue weighted by molar-refractivity contribution is 1.11. The maximum absolute atomic E-state index is 4.89. The average Bonchev–Trinajstić information content (AvgIpc) is 1.37. The van der Waals surface area contributed by atoms with Gasteiger partial charge in [-0.2, -0.15) is 0 Å². The first kappa shape index (κ1) is 30.6. The van der Waals surface area contributed by atoms with E-state index in [0.717, 1.165) is 0 Å². The summed E-state index contributed by atoms with van der Waals surface area (Å²) >= 11 is 4.89. The predicted molar refractivity (Wildman–Crippen MR) is 27.1 cm³/mol. The van der Waals surface area contributed by atoms with E-state index in [1.807, 2.05) is 0 Å². The van der Waals surface area contributed by atoms with Crippen LogP contribution in [0, 0.1) is 0 Å². The zero-order valence-electron chi connectivity index (χ0n) is 3.39. The summed E-state index contributed by atoms with van der Waals surface area (Å²) in [4.78, 5) is 0. The number of hydrogen-bond donors (Lipinski definition) is 0. The molecular weight excluding hydrogens is 128 g/mol. The summed E-state index contributed by atoms with van der Waals surface area (Å²) in [6, 6.07) is 0. The van der Waals surface area contributed by atoms with Crippen LogP contribution in [-0.2, 0) is 0 Å². The van der Waals surface area contributed by atoms with Gasteiger partial charge in [-0.15, -0.1) is 5.73 Å². The van der Waals surface area contributed by atoms with Crippen molar-refractivity contribution in [2.75, 3.05) is 0 Å². The van der Waals surface area contributed by atoms with Crippen molar-refractivity contribution in [3.05, 3.63) is 17.8 Å². The summed E-state index contributed by atoms with van der Waals surface area (Å²) in [7, 11) is 0. The molecule has 7 heavy (non-hydrogen) atoms. The topological polar surface area (TPSA) is 0 Å². The van der Waals surface area contributed by atoms with Gasteiger partial charge in [-0.3, -0.25) is 14.1 Å². The third-order valence-electron chi connectivity index (χ3n) is 0.0772. The summed E-state index contributed by atoms with van der Waals surface area (Å²) in [5.74, 6) is 0. The van der Waals surface area contributed by atoms with Crippen molar-refractivity contribution in [3.8, 4) is 0 Å². The lowest BCUT2D eigenvalue weighted by Gasteiger charge is -1.34. The molecule has 0 saturated heterocycles. The van der Waals surface area contributed by atoms with Gasteiger partial charge >= 0.3 is 0 Å². The third-order valence-corrected chi connectivity index (χ3v) is 0.231. The van der Waals surface area contributed by atoms with E-state index in [0.29, 0.717) is 0 Å². The summed E-state index contributed by atoms with van der Waals surface area (Å²) < 4.78 is 0. The van der Waals surface area contributed by atoms with E-state index < -0.39 is 0 Å². The molecule has 4 heteroatoms. The second-order valence-corrected chi connectivity index (χ2v) is 0.531. The predicted octanol–water partition coefficient (Wildman–Crippen LogP) is 1.98. The molecule has 0 spiro atoms. The Hall–Kier alpha value is -0.400. The summed E-state index contributed by atoms with van der Waals surface area (Å²) in [5.41, 5.74) is 3.56. The molecule has 0 rings (SSSR count). The van der Waals surface area contributed by atoms with Crippen molar-refractivity contribution in [2.24, 2.45) is 0 Å². The van der Waals surface area contributed by atoms with Crippen molar-refractivity contribution >= 4 is 11.6 Å². The van der Waals surface area contributed by atoms with Crippen LogP contribution >= 0.6 is 11.6 Å². The third kappa shape index (κ3) is 202. The van der Waals surface area contributed by atoms with Crippen LogP contribution < -0.4 is 0 Å². The van der Waals surface area contributed by atoms with E-state index in [1.54, 1.807) is 0 Å². The minimum atomic E-state index is 0. The molecule has 0 fully saturated rings. The Morgan fingerprint density at radius 3 is 1.43 bits per heavy atom. The standard InChI is InChI=1S/C3H3Cl.3FH/c1-2-3-4;;;/h3H,1H2;3*1H. The van der Waals surface area contributed by atoms with Gasteiger partial charge in [0.2, 0.25) is 0 Å². The minimum absolute atomic E-state index is 0. The molecule has 46 valence electrons. The Labute approximate surface area is 44.6 Å². The molecule has 0 aliphatic rings. The van der Waals surface area contributed by atoms with Gasteiger partial charge < -0.3 is 0 Å². The van der Waals surface area contributed by atoms with Gasteiger partial charge in [0.15, 0.2) is 0 Å². The Bertz CT molecular complexity index is 48.1. The molecule has 0 N–H and O–H groups in total. The Balaban J connectivity index is -0.0000000150. The first-order valence-electron chi connectivity index (χ1n) is 0.860. The van der Waals surface area contributed by atoms with Crippen LogP contribution in [0.2, 0.25) is 0 Å². The highest BCUT2D eigenvalue weighted by molar-refractivity contribution is 6.25. The molecule has 0 aromatic heterocycles. The molecule has 0 unspecified atom stereocenters. The van der Waals surface area contributed by atoms with Crippen LogP contribution in [-0.4, -0.2) is 0 Å². The van der Waals surface area contributed by atoms with Crippen LogP contribution in [0.1, 0.15) is 0 Å². The minimum Gasteiger partial charge on any atom is -0.269 e. The van der Waals surface area contributed by atoms with Crippen molar-refractivity contribution in [1.82, 2.24) is 0 Å². The van der Waals surface area contributed by atoms with Crippen molar-refractivity contribution in [3.63, 3.8) is 0 Å². The first-order valence-corrected chi connectivity index (χ1v) is 1.30. The van der Waals surface area contributed by atoms with E-state index in [1.165, 1.54) is 5.54 Å². The SMILES string of the molecule is C=C=CCl.F.F.F. The molecule has 0 aliphatic heterocycles. The fourth-order valence-electron chi connectivity index (χ4n) is 0. The van der Waals surface area contributed by atoms with E-state index in [2.05, 4.69) is 12.3 Å². The maximum atomic E-state index is 4.89. The summed E-state index contributed by atoms with van der Waals surface area (Å²) in [5, 5.41) is 0. The quantitative estimate of drug-likeness (QED) is 0.445. The highest BCUT2D eigenvalue weighted by Crippen LogP contribution is 1.64. The normalized spacial score (nSPS) is 2.43. The Morgan fingerprint density at radius 2 is 1.43 bits per heavy atom. The van der Waals surface area contributed by atoms with Gasteiger partial charge in [0.1, 0.15) is 0 Å². The summed E-state index contributed by atoms with van der Waals surface area (Å²) in [6.07, 6.45) is 0. The molecule has 0 aromatic rings. The Morgan fingerprint density at radius 1 is 1.29 bits per heavy atom. The average molecular weight is 135 g/mol. The van der Waals surface area contributed by atoms with E-state index in [4.69, 9.17) is 11.6 Å². The molecule has 0 bridgehead atoms. The molecule has 0 radical (unpaired) electrons. The van der Waals surface area contributed by atoms with Crippen LogP contribution in [0.3, 0.4) is 0 Å². The van der Waals surface area contributed by atoms with E-state index in [9.17, 15) is 0 Å². The van der Waals surface area contributed by atoms with E-state index in [-0.39, 0.29) is 14.1 Å².